The standard InChI is InChI=1S/C12H18N2OS/c1-9-11(6-7-15-9)16-8-10-4-3-5-12(13-2)14-10/h3-5,9,11H,6-8H2,1-2H3,(H,13,14). The Morgan fingerprint density at radius 2 is 2.44 bits per heavy atom. The second kappa shape index (κ2) is 5.55. The Bertz CT molecular complexity index is 346. The van der Waals surface area contributed by atoms with E-state index in [1.807, 2.05) is 30.9 Å². The molecule has 1 saturated heterocycles. The number of thioether (sulfide) groups is 1. The van der Waals surface area contributed by atoms with Crippen LogP contribution in [0.15, 0.2) is 18.2 Å². The summed E-state index contributed by atoms with van der Waals surface area (Å²) >= 11 is 1.95. The Hall–Kier alpha value is -0.740. The molecular weight excluding hydrogens is 220 g/mol. The fourth-order valence-corrected chi connectivity index (χ4v) is 2.98. The number of nitrogens with one attached hydrogen (secondary N) is 1. The number of pyridine rings is 1. The van der Waals surface area contributed by atoms with Crippen LogP contribution in [0.1, 0.15) is 19.0 Å². The molecule has 1 aromatic heterocycles. The normalized spacial score (nSPS) is 24.6. The van der Waals surface area contributed by atoms with E-state index in [9.17, 15) is 0 Å². The predicted molar refractivity (Wildman–Crippen MR) is 68.9 cm³/mol. The van der Waals surface area contributed by atoms with Crippen molar-refractivity contribution >= 4 is 17.6 Å². The fraction of sp³-hybridized carbons (Fsp3) is 0.583. The molecule has 0 aliphatic carbocycles. The van der Waals surface area contributed by atoms with Crippen molar-refractivity contribution in [2.75, 3.05) is 19.0 Å². The molecule has 2 atom stereocenters. The number of hydrogen-bond donors (Lipinski definition) is 1. The smallest absolute Gasteiger partial charge is 0.125 e. The van der Waals surface area contributed by atoms with E-state index >= 15 is 0 Å². The second-order valence-corrected chi connectivity index (χ2v) is 5.21. The van der Waals surface area contributed by atoms with Crippen molar-refractivity contribution in [3.63, 3.8) is 0 Å². The van der Waals surface area contributed by atoms with Gasteiger partial charge in [0.15, 0.2) is 0 Å². The topological polar surface area (TPSA) is 34.1 Å². The lowest BCUT2D eigenvalue weighted by Gasteiger charge is -2.13. The number of ether oxygens (including phenoxy) is 1. The summed E-state index contributed by atoms with van der Waals surface area (Å²) in [5.74, 6) is 1.90. The maximum atomic E-state index is 5.55. The summed E-state index contributed by atoms with van der Waals surface area (Å²) in [7, 11) is 1.89. The largest absolute Gasteiger partial charge is 0.377 e. The van der Waals surface area contributed by atoms with Crippen LogP contribution in [-0.4, -0.2) is 30.0 Å². The first-order valence-electron chi connectivity index (χ1n) is 5.66. The van der Waals surface area contributed by atoms with Crippen LogP contribution in [-0.2, 0) is 10.5 Å². The Labute approximate surface area is 101 Å². The van der Waals surface area contributed by atoms with E-state index in [0.717, 1.165) is 30.3 Å². The molecule has 3 nitrogen and oxygen atoms in total. The highest BCUT2D eigenvalue weighted by molar-refractivity contribution is 7.99. The van der Waals surface area contributed by atoms with Gasteiger partial charge < -0.3 is 10.1 Å². The first-order valence-corrected chi connectivity index (χ1v) is 6.71. The highest BCUT2D eigenvalue weighted by Crippen LogP contribution is 2.28. The first-order chi connectivity index (χ1) is 7.79. The van der Waals surface area contributed by atoms with E-state index in [4.69, 9.17) is 4.74 Å². The summed E-state index contributed by atoms with van der Waals surface area (Å²) in [4.78, 5) is 4.50. The van der Waals surface area contributed by atoms with E-state index in [0.29, 0.717) is 11.4 Å². The minimum atomic E-state index is 0.387. The van der Waals surface area contributed by atoms with E-state index in [-0.39, 0.29) is 0 Å². The van der Waals surface area contributed by atoms with Crippen molar-refractivity contribution in [2.45, 2.75) is 30.5 Å². The zero-order valence-electron chi connectivity index (χ0n) is 9.77. The molecule has 1 aliphatic heterocycles. The van der Waals surface area contributed by atoms with Crippen LogP contribution in [0.25, 0.3) is 0 Å². The molecule has 4 heteroatoms. The van der Waals surface area contributed by atoms with Crippen LogP contribution < -0.4 is 5.32 Å². The molecule has 0 bridgehead atoms. The number of anilines is 1. The Morgan fingerprint density at radius 3 is 3.12 bits per heavy atom. The fourth-order valence-electron chi connectivity index (χ4n) is 1.82. The van der Waals surface area contributed by atoms with Crippen molar-refractivity contribution in [1.29, 1.82) is 0 Å². The van der Waals surface area contributed by atoms with Gasteiger partial charge in [-0.1, -0.05) is 6.07 Å². The summed E-state index contributed by atoms with van der Waals surface area (Å²) in [6.07, 6.45) is 1.55. The third kappa shape index (κ3) is 2.89. The Kier molecular flexibility index (Phi) is 4.07. The van der Waals surface area contributed by atoms with Crippen LogP contribution in [0.5, 0.6) is 0 Å². The van der Waals surface area contributed by atoms with E-state index in [2.05, 4.69) is 23.3 Å². The molecule has 16 heavy (non-hydrogen) atoms. The molecule has 1 aliphatic rings. The summed E-state index contributed by atoms with van der Waals surface area (Å²) < 4.78 is 5.55. The summed E-state index contributed by atoms with van der Waals surface area (Å²) in [6, 6.07) is 6.10. The molecule has 0 amide bonds. The zero-order valence-corrected chi connectivity index (χ0v) is 10.6. The number of nitrogens with zero attached hydrogens (tertiary/aromatic N) is 1. The van der Waals surface area contributed by atoms with E-state index in [1.54, 1.807) is 0 Å². The molecule has 0 aromatic carbocycles. The van der Waals surface area contributed by atoms with Gasteiger partial charge in [0.25, 0.3) is 0 Å². The van der Waals surface area contributed by atoms with Gasteiger partial charge in [-0.3, -0.25) is 0 Å². The molecule has 0 saturated carbocycles. The molecule has 2 unspecified atom stereocenters. The lowest BCUT2D eigenvalue weighted by atomic mass is 10.3. The molecule has 88 valence electrons. The lowest BCUT2D eigenvalue weighted by Crippen LogP contribution is -2.13. The molecule has 1 fully saturated rings. The van der Waals surface area contributed by atoms with Crippen molar-refractivity contribution in [2.24, 2.45) is 0 Å². The van der Waals surface area contributed by atoms with Crippen LogP contribution in [0.3, 0.4) is 0 Å². The van der Waals surface area contributed by atoms with E-state index in [1.165, 1.54) is 0 Å². The van der Waals surface area contributed by atoms with E-state index < -0.39 is 0 Å². The molecule has 0 radical (unpaired) electrons. The quantitative estimate of drug-likeness (QED) is 0.874. The molecule has 2 rings (SSSR count). The summed E-state index contributed by atoms with van der Waals surface area (Å²) in [5.41, 5.74) is 1.14. The van der Waals surface area contributed by atoms with Gasteiger partial charge in [0.2, 0.25) is 0 Å². The Balaban J connectivity index is 1.88. The summed E-state index contributed by atoms with van der Waals surface area (Å²) in [6.45, 7) is 3.06. The monoisotopic (exact) mass is 238 g/mol. The van der Waals surface area contributed by atoms with Gasteiger partial charge in [-0.05, 0) is 25.5 Å². The van der Waals surface area contributed by atoms with Crippen molar-refractivity contribution in [1.82, 2.24) is 4.98 Å². The lowest BCUT2D eigenvalue weighted by molar-refractivity contribution is 0.127. The maximum absolute atomic E-state index is 5.55. The Morgan fingerprint density at radius 1 is 1.56 bits per heavy atom. The number of rotatable bonds is 4. The third-order valence-corrected chi connectivity index (χ3v) is 4.32. The second-order valence-electron chi connectivity index (χ2n) is 3.98. The van der Waals surface area contributed by atoms with Gasteiger partial charge in [0.05, 0.1) is 11.8 Å². The average Bonchev–Trinajstić information content (AvgIpc) is 2.72. The first kappa shape index (κ1) is 11.7. The summed E-state index contributed by atoms with van der Waals surface area (Å²) in [5, 5.41) is 3.68. The van der Waals surface area contributed by atoms with Crippen molar-refractivity contribution in [3.05, 3.63) is 23.9 Å². The number of aromatic nitrogens is 1. The molecular formula is C12H18N2OS. The van der Waals surface area contributed by atoms with Gasteiger partial charge in [-0.25, -0.2) is 4.98 Å². The van der Waals surface area contributed by atoms with Gasteiger partial charge >= 0.3 is 0 Å². The molecule has 1 N–H and O–H groups in total. The van der Waals surface area contributed by atoms with Gasteiger partial charge in [-0.2, -0.15) is 0 Å². The van der Waals surface area contributed by atoms with Crippen molar-refractivity contribution in [3.8, 4) is 0 Å². The van der Waals surface area contributed by atoms with Gasteiger partial charge in [0.1, 0.15) is 5.82 Å². The molecule has 2 heterocycles. The van der Waals surface area contributed by atoms with Gasteiger partial charge in [-0.15, -0.1) is 11.8 Å². The maximum Gasteiger partial charge on any atom is 0.125 e. The van der Waals surface area contributed by atoms with Gasteiger partial charge in [0, 0.05) is 24.7 Å². The molecule has 1 aromatic rings. The highest BCUT2D eigenvalue weighted by atomic mass is 32.2. The zero-order chi connectivity index (χ0) is 11.4. The SMILES string of the molecule is CNc1cccc(CSC2CCOC2C)n1. The minimum Gasteiger partial charge on any atom is -0.377 e. The highest BCUT2D eigenvalue weighted by Gasteiger charge is 2.24. The van der Waals surface area contributed by atoms with Crippen molar-refractivity contribution < 1.29 is 4.74 Å². The average molecular weight is 238 g/mol. The number of hydrogen-bond acceptors (Lipinski definition) is 4. The predicted octanol–water partition coefficient (Wildman–Crippen LogP) is 2.53. The van der Waals surface area contributed by atoms with Crippen LogP contribution >= 0.6 is 11.8 Å². The van der Waals surface area contributed by atoms with Crippen LogP contribution in [0, 0.1) is 0 Å². The molecule has 0 spiro atoms. The third-order valence-electron chi connectivity index (χ3n) is 2.81. The van der Waals surface area contributed by atoms with Crippen LogP contribution in [0.4, 0.5) is 5.82 Å². The minimum absolute atomic E-state index is 0.387. The van der Waals surface area contributed by atoms with Crippen LogP contribution in [0.2, 0.25) is 0 Å².